The van der Waals surface area contributed by atoms with Crippen molar-refractivity contribution in [2.45, 2.75) is 63.6 Å². The number of ketones is 1. The van der Waals surface area contributed by atoms with E-state index in [0.717, 1.165) is 29.5 Å². The Morgan fingerprint density at radius 3 is 2.46 bits per heavy atom. The maximum absolute atomic E-state index is 13.1. The Labute approximate surface area is 212 Å². The molecule has 11 nitrogen and oxygen atoms in total. The number of nitrogens with two attached hydrogens (primary N) is 1. The number of carbonyl (C=O) groups excluding carboxylic acids is 2. The van der Waals surface area contributed by atoms with E-state index in [2.05, 4.69) is 20.3 Å². The molecular weight excluding hydrogens is 472 g/mol. The molecule has 2 saturated heterocycles. The number of H-pyrrole nitrogens is 1. The standard InChI is InChI=1S/C26H28N8O3/c1-13(35)15-3-5-16(6-4-15)20-11-30-34-23(27)21(14(2)36)22(31-25(20)34)17-9-18-7-8-19(10-17)33(18)26(37)24-28-12-29-32-24/h3-6,11-13,17-19,35H,7-10,27H2,1-2H3,(H,28,29,32)/t13-,17?,18-,19?/m1/s1. The lowest BCUT2D eigenvalue weighted by atomic mass is 9.85. The molecule has 1 aromatic carbocycles. The topological polar surface area (TPSA) is 155 Å². The summed E-state index contributed by atoms with van der Waals surface area (Å²) in [7, 11) is 0. The van der Waals surface area contributed by atoms with E-state index in [1.807, 2.05) is 29.2 Å². The highest BCUT2D eigenvalue weighted by Crippen LogP contribution is 2.45. The molecule has 0 aliphatic carbocycles. The van der Waals surface area contributed by atoms with Gasteiger partial charge in [-0.05, 0) is 50.7 Å². The molecule has 4 aromatic rings. The molecule has 190 valence electrons. The molecule has 6 rings (SSSR count). The number of carbonyl (C=O) groups is 2. The van der Waals surface area contributed by atoms with Crippen LogP contribution in [0.3, 0.4) is 0 Å². The first-order valence-corrected chi connectivity index (χ1v) is 12.5. The molecule has 1 amide bonds. The number of rotatable bonds is 5. The zero-order valence-electron chi connectivity index (χ0n) is 20.6. The summed E-state index contributed by atoms with van der Waals surface area (Å²) in [4.78, 5) is 35.6. The fraction of sp³-hybridized carbons (Fsp3) is 0.385. The number of aromatic amines is 1. The van der Waals surface area contributed by atoms with Gasteiger partial charge in [0.05, 0.1) is 23.6 Å². The van der Waals surface area contributed by atoms with Gasteiger partial charge in [0, 0.05) is 23.6 Å². The lowest BCUT2D eigenvalue weighted by molar-refractivity contribution is 0.0556. The maximum atomic E-state index is 13.1. The molecule has 0 spiro atoms. The first-order valence-electron chi connectivity index (χ1n) is 12.5. The molecule has 5 heterocycles. The number of nitrogens with one attached hydrogen (secondary N) is 1. The number of Topliss-reactive ketones (excluding diaryl/α,β-unsaturated/α-hetero) is 1. The van der Waals surface area contributed by atoms with Crippen LogP contribution >= 0.6 is 0 Å². The van der Waals surface area contributed by atoms with Crippen LogP contribution in [0.4, 0.5) is 5.82 Å². The van der Waals surface area contributed by atoms with E-state index in [9.17, 15) is 14.7 Å². The summed E-state index contributed by atoms with van der Waals surface area (Å²) in [6.07, 6.45) is 5.70. The third-order valence-electron chi connectivity index (χ3n) is 7.74. The van der Waals surface area contributed by atoms with E-state index in [4.69, 9.17) is 10.7 Å². The number of anilines is 1. The Morgan fingerprint density at radius 2 is 1.86 bits per heavy atom. The van der Waals surface area contributed by atoms with E-state index in [1.165, 1.54) is 17.8 Å². The van der Waals surface area contributed by atoms with Gasteiger partial charge < -0.3 is 20.7 Å². The van der Waals surface area contributed by atoms with Crippen LogP contribution in [0.25, 0.3) is 16.8 Å². The fourth-order valence-corrected chi connectivity index (χ4v) is 6.00. The van der Waals surface area contributed by atoms with Crippen LogP contribution in [0, 0.1) is 0 Å². The second kappa shape index (κ2) is 8.77. The Balaban J connectivity index is 1.40. The highest BCUT2D eigenvalue weighted by molar-refractivity contribution is 6.00. The van der Waals surface area contributed by atoms with Crippen LogP contribution in [0.2, 0.25) is 0 Å². The molecule has 37 heavy (non-hydrogen) atoms. The molecule has 11 heteroatoms. The zero-order chi connectivity index (χ0) is 25.8. The summed E-state index contributed by atoms with van der Waals surface area (Å²) >= 11 is 0. The number of aliphatic hydroxyl groups excluding tert-OH is 1. The predicted octanol–water partition coefficient (Wildman–Crippen LogP) is 2.90. The molecule has 4 N–H and O–H groups in total. The lowest BCUT2D eigenvalue weighted by Gasteiger charge is -2.38. The van der Waals surface area contributed by atoms with Crippen molar-refractivity contribution in [1.29, 1.82) is 0 Å². The quantitative estimate of drug-likeness (QED) is 0.353. The van der Waals surface area contributed by atoms with Crippen molar-refractivity contribution in [3.8, 4) is 11.1 Å². The van der Waals surface area contributed by atoms with Crippen LogP contribution in [-0.4, -0.2) is 63.6 Å². The van der Waals surface area contributed by atoms with E-state index in [1.54, 1.807) is 13.1 Å². The molecular formula is C26H28N8O3. The minimum absolute atomic E-state index is 0.0251. The summed E-state index contributed by atoms with van der Waals surface area (Å²) < 4.78 is 1.52. The van der Waals surface area contributed by atoms with Crippen LogP contribution < -0.4 is 5.73 Å². The molecule has 2 aliphatic heterocycles. The number of benzene rings is 1. The van der Waals surface area contributed by atoms with Crippen molar-refractivity contribution < 1.29 is 14.7 Å². The van der Waals surface area contributed by atoms with Gasteiger partial charge in [0.2, 0.25) is 5.82 Å². The number of nitrogen functional groups attached to an aromatic ring is 1. The minimum atomic E-state index is -0.561. The number of nitrogens with zero attached hydrogens (tertiary/aromatic N) is 6. The summed E-state index contributed by atoms with van der Waals surface area (Å²) in [5, 5.41) is 22.0. The van der Waals surface area contributed by atoms with Gasteiger partial charge in [0.15, 0.2) is 11.4 Å². The second-order valence-corrected chi connectivity index (χ2v) is 10.0. The molecule has 2 unspecified atom stereocenters. The third-order valence-corrected chi connectivity index (χ3v) is 7.74. The van der Waals surface area contributed by atoms with Gasteiger partial charge in [-0.25, -0.2) is 4.98 Å². The van der Waals surface area contributed by atoms with Crippen molar-refractivity contribution in [1.82, 2.24) is 34.7 Å². The van der Waals surface area contributed by atoms with Gasteiger partial charge in [-0.15, -0.1) is 10.2 Å². The van der Waals surface area contributed by atoms with Crippen LogP contribution in [0.1, 0.15) is 83.8 Å². The number of aromatic nitrogens is 6. The average molecular weight is 501 g/mol. The molecule has 4 atom stereocenters. The van der Waals surface area contributed by atoms with Crippen LogP contribution in [0.5, 0.6) is 0 Å². The van der Waals surface area contributed by atoms with Crippen LogP contribution in [0.15, 0.2) is 36.8 Å². The van der Waals surface area contributed by atoms with Crippen molar-refractivity contribution >= 4 is 23.2 Å². The smallest absolute Gasteiger partial charge is 0.292 e. The van der Waals surface area contributed by atoms with Gasteiger partial charge in [-0.3, -0.25) is 9.59 Å². The normalized spacial score (nSPS) is 21.9. The fourth-order valence-electron chi connectivity index (χ4n) is 6.00. The van der Waals surface area contributed by atoms with E-state index in [-0.39, 0.29) is 41.3 Å². The summed E-state index contributed by atoms with van der Waals surface area (Å²) in [5.41, 5.74) is 10.7. The van der Waals surface area contributed by atoms with Crippen molar-refractivity contribution in [3.05, 3.63) is 59.4 Å². The maximum Gasteiger partial charge on any atom is 0.292 e. The molecule has 2 bridgehead atoms. The molecule has 0 radical (unpaired) electrons. The minimum Gasteiger partial charge on any atom is -0.389 e. The Bertz CT molecular complexity index is 1480. The first kappa shape index (κ1) is 23.3. The number of hydrogen-bond donors (Lipinski definition) is 3. The van der Waals surface area contributed by atoms with E-state index >= 15 is 0 Å². The van der Waals surface area contributed by atoms with Gasteiger partial charge >= 0.3 is 0 Å². The van der Waals surface area contributed by atoms with Gasteiger partial charge in [-0.2, -0.15) is 9.61 Å². The first-order chi connectivity index (χ1) is 17.8. The zero-order valence-corrected chi connectivity index (χ0v) is 20.6. The number of aliphatic hydroxyl groups is 1. The van der Waals surface area contributed by atoms with Crippen molar-refractivity contribution in [3.63, 3.8) is 0 Å². The van der Waals surface area contributed by atoms with E-state index < -0.39 is 6.10 Å². The molecule has 2 fully saturated rings. The molecule has 2 aliphatic rings. The number of fused-ring (bicyclic) bond motifs is 3. The Kier molecular flexibility index (Phi) is 5.52. The lowest BCUT2D eigenvalue weighted by Crippen LogP contribution is -2.46. The second-order valence-electron chi connectivity index (χ2n) is 10.0. The number of hydrogen-bond acceptors (Lipinski definition) is 8. The van der Waals surface area contributed by atoms with Gasteiger partial charge in [0.1, 0.15) is 12.1 Å². The number of piperidine rings is 1. The SMILES string of the molecule is CC(=O)c1c(C2CC3CC[C@H](C2)N3C(=O)c2nnc[nH]2)nc2c(-c3ccc([C@@H](C)O)cc3)cnn2c1N. The van der Waals surface area contributed by atoms with Crippen LogP contribution in [-0.2, 0) is 0 Å². The highest BCUT2D eigenvalue weighted by atomic mass is 16.3. The summed E-state index contributed by atoms with van der Waals surface area (Å²) in [5.74, 6) is 0.188. The predicted molar refractivity (Wildman–Crippen MR) is 135 cm³/mol. The van der Waals surface area contributed by atoms with E-state index in [0.29, 0.717) is 29.7 Å². The van der Waals surface area contributed by atoms with Crippen molar-refractivity contribution in [2.75, 3.05) is 5.73 Å². The highest BCUT2D eigenvalue weighted by Gasteiger charge is 2.45. The largest absolute Gasteiger partial charge is 0.389 e. The summed E-state index contributed by atoms with van der Waals surface area (Å²) in [6, 6.07) is 7.63. The number of amides is 1. The molecule has 3 aromatic heterocycles. The Morgan fingerprint density at radius 1 is 1.16 bits per heavy atom. The molecule has 0 saturated carbocycles. The Hall–Kier alpha value is -4.12. The van der Waals surface area contributed by atoms with Gasteiger partial charge in [0.25, 0.3) is 5.91 Å². The van der Waals surface area contributed by atoms with Crippen molar-refractivity contribution in [2.24, 2.45) is 0 Å². The monoisotopic (exact) mass is 500 g/mol. The summed E-state index contributed by atoms with van der Waals surface area (Å²) in [6.45, 7) is 3.22. The third kappa shape index (κ3) is 3.77. The van der Waals surface area contributed by atoms with Gasteiger partial charge in [-0.1, -0.05) is 24.3 Å². The average Bonchev–Trinajstić information content (AvgIpc) is 3.62.